The lowest BCUT2D eigenvalue weighted by molar-refractivity contribution is 0.621. The second kappa shape index (κ2) is 5.97. The zero-order chi connectivity index (χ0) is 13.9. The Morgan fingerprint density at radius 2 is 2.00 bits per heavy atom. The predicted molar refractivity (Wildman–Crippen MR) is 86.8 cm³/mol. The van der Waals surface area contributed by atoms with Gasteiger partial charge in [0.15, 0.2) is 5.17 Å². The standard InChI is InChI=1S/C15H12BrFN2S/c16-12-8-11(6-7-13(12)17)18-15-19-14(9-20-15)10-4-2-1-3-5-10/h1-8,14H,9H2,(H,18,19). The van der Waals surface area contributed by atoms with Crippen molar-refractivity contribution in [3.8, 4) is 0 Å². The SMILES string of the molecule is Fc1ccc(NC2=NC(c3ccccc3)CS2)cc1Br. The van der Waals surface area contributed by atoms with E-state index in [1.165, 1.54) is 11.6 Å². The van der Waals surface area contributed by atoms with Crippen LogP contribution in [0.2, 0.25) is 0 Å². The summed E-state index contributed by atoms with van der Waals surface area (Å²) in [5.74, 6) is 0.660. The first-order valence-electron chi connectivity index (χ1n) is 6.20. The summed E-state index contributed by atoms with van der Waals surface area (Å²) in [6.45, 7) is 0. The molecule has 5 heteroatoms. The average Bonchev–Trinajstić information content (AvgIpc) is 2.92. The van der Waals surface area contributed by atoms with Crippen molar-refractivity contribution < 1.29 is 4.39 Å². The molecule has 0 spiro atoms. The van der Waals surface area contributed by atoms with Crippen LogP contribution in [0.4, 0.5) is 10.1 Å². The molecule has 0 amide bonds. The van der Waals surface area contributed by atoms with Crippen molar-refractivity contribution >= 4 is 38.5 Å². The molecule has 0 bridgehead atoms. The number of hydrogen-bond donors (Lipinski definition) is 1. The van der Waals surface area contributed by atoms with Crippen molar-refractivity contribution in [3.63, 3.8) is 0 Å². The van der Waals surface area contributed by atoms with Gasteiger partial charge in [-0.2, -0.15) is 0 Å². The van der Waals surface area contributed by atoms with E-state index in [-0.39, 0.29) is 11.9 Å². The second-order valence-electron chi connectivity index (χ2n) is 4.43. The van der Waals surface area contributed by atoms with Crippen LogP contribution >= 0.6 is 27.7 Å². The van der Waals surface area contributed by atoms with Gasteiger partial charge in [0.2, 0.25) is 0 Å². The maximum Gasteiger partial charge on any atom is 0.161 e. The van der Waals surface area contributed by atoms with Gasteiger partial charge in [-0.1, -0.05) is 42.1 Å². The molecule has 0 radical (unpaired) electrons. The Labute approximate surface area is 129 Å². The van der Waals surface area contributed by atoms with E-state index >= 15 is 0 Å². The molecule has 2 aromatic rings. The Morgan fingerprint density at radius 1 is 1.20 bits per heavy atom. The molecule has 1 aliphatic rings. The van der Waals surface area contributed by atoms with Crippen molar-refractivity contribution in [2.75, 3.05) is 11.1 Å². The summed E-state index contributed by atoms with van der Waals surface area (Å²) in [5, 5.41) is 4.10. The van der Waals surface area contributed by atoms with Crippen LogP contribution in [-0.4, -0.2) is 10.9 Å². The molecular formula is C15H12BrFN2S. The van der Waals surface area contributed by atoms with Gasteiger partial charge in [-0.05, 0) is 39.7 Å². The lowest BCUT2D eigenvalue weighted by Crippen LogP contribution is -2.04. The van der Waals surface area contributed by atoms with Crippen LogP contribution < -0.4 is 5.32 Å². The van der Waals surface area contributed by atoms with Crippen LogP contribution in [0.25, 0.3) is 0 Å². The van der Waals surface area contributed by atoms with E-state index in [0.29, 0.717) is 4.47 Å². The fourth-order valence-electron chi connectivity index (χ4n) is 1.99. The summed E-state index contributed by atoms with van der Waals surface area (Å²) < 4.78 is 13.6. The van der Waals surface area contributed by atoms with E-state index in [0.717, 1.165) is 16.6 Å². The molecule has 2 aromatic carbocycles. The highest BCUT2D eigenvalue weighted by Gasteiger charge is 2.19. The van der Waals surface area contributed by atoms with Gasteiger partial charge in [-0.3, -0.25) is 4.99 Å². The molecule has 3 rings (SSSR count). The highest BCUT2D eigenvalue weighted by atomic mass is 79.9. The fraction of sp³-hybridized carbons (Fsp3) is 0.133. The third-order valence-corrected chi connectivity index (χ3v) is 4.58. The third kappa shape index (κ3) is 3.04. The molecule has 2 nitrogen and oxygen atoms in total. The fourth-order valence-corrected chi connectivity index (χ4v) is 3.34. The largest absolute Gasteiger partial charge is 0.335 e. The van der Waals surface area contributed by atoms with E-state index in [4.69, 9.17) is 0 Å². The van der Waals surface area contributed by atoms with Gasteiger partial charge in [0.25, 0.3) is 0 Å². The number of thioether (sulfide) groups is 1. The Bertz CT molecular complexity index is 646. The summed E-state index contributed by atoms with van der Waals surface area (Å²) in [6, 6.07) is 15.3. The van der Waals surface area contributed by atoms with Crippen LogP contribution in [0.15, 0.2) is 58.0 Å². The van der Waals surface area contributed by atoms with E-state index in [2.05, 4.69) is 38.4 Å². The highest BCUT2D eigenvalue weighted by molar-refractivity contribution is 9.10. The Balaban J connectivity index is 1.74. The van der Waals surface area contributed by atoms with Crippen molar-refractivity contribution in [2.24, 2.45) is 4.99 Å². The summed E-state index contributed by atoms with van der Waals surface area (Å²) in [6.07, 6.45) is 0. The number of hydrogen-bond acceptors (Lipinski definition) is 3. The minimum Gasteiger partial charge on any atom is -0.335 e. The molecule has 20 heavy (non-hydrogen) atoms. The van der Waals surface area contributed by atoms with Gasteiger partial charge in [0, 0.05) is 11.4 Å². The van der Waals surface area contributed by atoms with Gasteiger partial charge < -0.3 is 5.32 Å². The topological polar surface area (TPSA) is 24.4 Å². The normalized spacial score (nSPS) is 17.9. The summed E-state index contributed by atoms with van der Waals surface area (Å²) in [7, 11) is 0. The lowest BCUT2D eigenvalue weighted by Gasteiger charge is -2.06. The van der Waals surface area contributed by atoms with Gasteiger partial charge >= 0.3 is 0 Å². The molecule has 0 saturated carbocycles. The van der Waals surface area contributed by atoms with Crippen LogP contribution in [-0.2, 0) is 0 Å². The van der Waals surface area contributed by atoms with E-state index in [1.807, 2.05) is 18.2 Å². The smallest absolute Gasteiger partial charge is 0.161 e. The van der Waals surface area contributed by atoms with Crippen molar-refractivity contribution in [1.29, 1.82) is 0 Å². The number of amidine groups is 1. The number of nitrogens with zero attached hydrogens (tertiary/aromatic N) is 1. The quantitative estimate of drug-likeness (QED) is 0.837. The first-order chi connectivity index (χ1) is 9.72. The minimum absolute atomic E-state index is 0.188. The van der Waals surface area contributed by atoms with E-state index in [1.54, 1.807) is 23.9 Å². The number of halogens is 2. The van der Waals surface area contributed by atoms with Crippen LogP contribution in [0.5, 0.6) is 0 Å². The maximum atomic E-state index is 13.2. The first kappa shape index (κ1) is 13.6. The summed E-state index contributed by atoms with van der Waals surface area (Å²) in [5.41, 5.74) is 2.05. The van der Waals surface area contributed by atoms with Crippen molar-refractivity contribution in [1.82, 2.24) is 0 Å². The van der Waals surface area contributed by atoms with Crippen molar-refractivity contribution in [3.05, 3.63) is 64.4 Å². The summed E-state index contributed by atoms with van der Waals surface area (Å²) in [4.78, 5) is 4.67. The predicted octanol–water partition coefficient (Wildman–Crippen LogP) is 4.84. The molecule has 102 valence electrons. The average molecular weight is 351 g/mol. The number of rotatable bonds is 2. The van der Waals surface area contributed by atoms with Crippen molar-refractivity contribution in [2.45, 2.75) is 6.04 Å². The van der Waals surface area contributed by atoms with Gasteiger partial charge in [-0.25, -0.2) is 4.39 Å². The van der Waals surface area contributed by atoms with Gasteiger partial charge in [-0.15, -0.1) is 0 Å². The molecule has 0 fully saturated rings. The van der Waals surface area contributed by atoms with Crippen LogP contribution in [0.3, 0.4) is 0 Å². The number of nitrogens with one attached hydrogen (secondary N) is 1. The zero-order valence-corrected chi connectivity index (χ0v) is 12.9. The van der Waals surface area contributed by atoms with Gasteiger partial charge in [0.05, 0.1) is 10.5 Å². The first-order valence-corrected chi connectivity index (χ1v) is 7.98. The second-order valence-corrected chi connectivity index (χ2v) is 6.29. The number of anilines is 1. The van der Waals surface area contributed by atoms with Gasteiger partial charge in [0.1, 0.15) is 5.82 Å². The Morgan fingerprint density at radius 3 is 2.75 bits per heavy atom. The number of benzene rings is 2. The number of aliphatic imine (C=N–C) groups is 1. The molecule has 0 aliphatic carbocycles. The Hall–Kier alpha value is -1.33. The Kier molecular flexibility index (Phi) is 4.08. The molecular weight excluding hydrogens is 339 g/mol. The molecule has 1 atom stereocenters. The van der Waals surface area contributed by atoms with E-state index < -0.39 is 0 Å². The maximum absolute atomic E-state index is 13.2. The van der Waals surface area contributed by atoms with E-state index in [9.17, 15) is 4.39 Å². The van der Waals surface area contributed by atoms with Crippen LogP contribution in [0, 0.1) is 5.82 Å². The molecule has 0 aromatic heterocycles. The molecule has 1 N–H and O–H groups in total. The molecule has 1 aliphatic heterocycles. The minimum atomic E-state index is -0.265. The monoisotopic (exact) mass is 350 g/mol. The third-order valence-electron chi connectivity index (χ3n) is 3.01. The molecule has 1 heterocycles. The highest BCUT2D eigenvalue weighted by Crippen LogP contribution is 2.31. The molecule has 0 saturated heterocycles. The molecule has 1 unspecified atom stereocenters. The zero-order valence-electron chi connectivity index (χ0n) is 10.5. The van der Waals surface area contributed by atoms with Crippen LogP contribution in [0.1, 0.15) is 11.6 Å². The summed E-state index contributed by atoms with van der Waals surface area (Å²) >= 11 is 4.86. The lowest BCUT2D eigenvalue weighted by atomic mass is 10.1.